The van der Waals surface area contributed by atoms with E-state index in [1.807, 2.05) is 0 Å². The molecule has 0 radical (unpaired) electrons. The third-order valence-corrected chi connectivity index (χ3v) is 5.83. The molecule has 14 nitrogen and oxygen atoms in total. The van der Waals surface area contributed by atoms with Crippen LogP contribution in [0.4, 0.5) is 0 Å². The summed E-state index contributed by atoms with van der Waals surface area (Å²) in [4.78, 5) is 0. The van der Waals surface area contributed by atoms with Gasteiger partial charge in [0.2, 0.25) is 0 Å². The lowest BCUT2D eigenvalue weighted by Gasteiger charge is -2.46. The Labute approximate surface area is 177 Å². The van der Waals surface area contributed by atoms with Crippen molar-refractivity contribution in [2.45, 2.75) is 79.7 Å². The fraction of sp³-hybridized carbons (Fsp3) is 1.00. The van der Waals surface area contributed by atoms with E-state index in [4.69, 9.17) is 18.9 Å². The summed E-state index contributed by atoms with van der Waals surface area (Å²) in [6.07, 6.45) is -17.7. The molecule has 3 saturated heterocycles. The van der Waals surface area contributed by atoms with Crippen LogP contribution in [-0.2, 0) is 18.9 Å². The molecule has 0 aliphatic carbocycles. The van der Waals surface area contributed by atoms with E-state index in [-0.39, 0.29) is 13.2 Å². The van der Waals surface area contributed by atoms with Gasteiger partial charge in [-0.3, -0.25) is 0 Å². The summed E-state index contributed by atoms with van der Waals surface area (Å²) >= 11 is 0. The van der Waals surface area contributed by atoms with Crippen molar-refractivity contribution in [1.82, 2.24) is 5.32 Å². The summed E-state index contributed by atoms with van der Waals surface area (Å²) in [5.41, 5.74) is 0. The smallest absolute Gasteiger partial charge is 0.187 e. The maximum atomic E-state index is 10.8. The van der Waals surface area contributed by atoms with E-state index in [9.17, 15) is 46.0 Å². The van der Waals surface area contributed by atoms with Gasteiger partial charge < -0.3 is 70.2 Å². The van der Waals surface area contributed by atoms with Gasteiger partial charge in [-0.1, -0.05) is 0 Å². The van der Waals surface area contributed by atoms with Crippen molar-refractivity contribution < 1.29 is 64.9 Å². The van der Waals surface area contributed by atoms with Crippen LogP contribution in [0.3, 0.4) is 0 Å². The molecular formula is C17H31NO13. The van der Waals surface area contributed by atoms with Gasteiger partial charge in [-0.2, -0.15) is 0 Å². The predicted octanol–water partition coefficient (Wildman–Crippen LogP) is -6.68. The van der Waals surface area contributed by atoms with Crippen LogP contribution in [0.1, 0.15) is 0 Å². The fourth-order valence-corrected chi connectivity index (χ4v) is 4.01. The summed E-state index contributed by atoms with van der Waals surface area (Å²) in [6, 6.07) is -0.671. The Hall–Kier alpha value is -0.560. The van der Waals surface area contributed by atoms with Crippen molar-refractivity contribution in [2.24, 2.45) is 0 Å². The molecule has 3 aliphatic heterocycles. The maximum absolute atomic E-state index is 10.8. The van der Waals surface area contributed by atoms with Gasteiger partial charge in [-0.05, 0) is 0 Å². The van der Waals surface area contributed by atoms with Crippen molar-refractivity contribution in [2.75, 3.05) is 26.4 Å². The number of nitrogens with one attached hydrogen (secondary N) is 1. The number of ether oxygens (including phenoxy) is 4. The minimum absolute atomic E-state index is 0.111. The Morgan fingerprint density at radius 2 is 1.35 bits per heavy atom. The molecule has 8 unspecified atom stereocenters. The topological polar surface area (TPSA) is 231 Å². The molecular weight excluding hydrogens is 426 g/mol. The van der Waals surface area contributed by atoms with Crippen LogP contribution in [0.15, 0.2) is 0 Å². The number of aliphatic hydroxyl groups excluding tert-OH is 9. The van der Waals surface area contributed by atoms with E-state index in [0.717, 1.165) is 0 Å². The Morgan fingerprint density at radius 3 is 1.97 bits per heavy atom. The molecule has 0 aromatic rings. The number of hydrogen-bond donors (Lipinski definition) is 10. The molecule has 0 spiro atoms. The molecule has 0 aromatic carbocycles. The molecule has 3 heterocycles. The van der Waals surface area contributed by atoms with Gasteiger partial charge >= 0.3 is 0 Å². The molecule has 0 saturated carbocycles. The van der Waals surface area contributed by atoms with Crippen LogP contribution >= 0.6 is 0 Å². The van der Waals surface area contributed by atoms with Crippen LogP contribution in [-0.4, -0.2) is 152 Å². The molecule has 0 amide bonds. The SMILES string of the molecule is OCC1NCC(O)C1O[C@@H]1[C@H](O)[C@@H](OC2OC(CO)C(O)C(O)C2O)[C@@H](CO)O[C@@H]1O. The molecule has 0 bridgehead atoms. The minimum Gasteiger partial charge on any atom is -0.395 e. The van der Waals surface area contributed by atoms with Crippen molar-refractivity contribution in [3.05, 3.63) is 0 Å². The molecule has 0 aromatic heterocycles. The average molecular weight is 457 g/mol. The lowest BCUT2D eigenvalue weighted by molar-refractivity contribution is -0.361. The van der Waals surface area contributed by atoms with Crippen LogP contribution in [0.2, 0.25) is 0 Å². The summed E-state index contributed by atoms with van der Waals surface area (Å²) in [5, 5.41) is 92.2. The number of hydrogen-bond acceptors (Lipinski definition) is 14. The molecule has 182 valence electrons. The first kappa shape index (κ1) is 25.1. The second-order valence-electron chi connectivity index (χ2n) is 7.87. The highest BCUT2D eigenvalue weighted by Crippen LogP contribution is 2.31. The van der Waals surface area contributed by atoms with E-state index in [1.165, 1.54) is 0 Å². The van der Waals surface area contributed by atoms with Gasteiger partial charge in [0.05, 0.1) is 32.0 Å². The first-order chi connectivity index (χ1) is 14.7. The first-order valence-corrected chi connectivity index (χ1v) is 9.99. The second-order valence-corrected chi connectivity index (χ2v) is 7.87. The first-order valence-electron chi connectivity index (χ1n) is 9.99. The highest BCUT2D eigenvalue weighted by Gasteiger charge is 2.52. The van der Waals surface area contributed by atoms with E-state index in [0.29, 0.717) is 0 Å². The van der Waals surface area contributed by atoms with Crippen molar-refractivity contribution in [1.29, 1.82) is 0 Å². The molecule has 14 heteroatoms. The third-order valence-electron chi connectivity index (χ3n) is 5.83. The lowest BCUT2D eigenvalue weighted by Crippen LogP contribution is -2.65. The Kier molecular flexibility index (Phi) is 8.56. The van der Waals surface area contributed by atoms with Gasteiger partial charge in [0, 0.05) is 6.54 Å². The molecule has 10 N–H and O–H groups in total. The average Bonchev–Trinajstić information content (AvgIpc) is 3.11. The van der Waals surface area contributed by atoms with Gasteiger partial charge in [-0.15, -0.1) is 0 Å². The van der Waals surface area contributed by atoms with Crippen molar-refractivity contribution in [3.63, 3.8) is 0 Å². The molecule has 31 heavy (non-hydrogen) atoms. The second kappa shape index (κ2) is 10.6. The van der Waals surface area contributed by atoms with E-state index in [1.54, 1.807) is 0 Å². The number of β-amino-alcohol motifs (C(OH)–C–C–N with tert-alkyl or cyclic N) is 1. The minimum atomic E-state index is -1.77. The molecule has 3 rings (SSSR count). The van der Waals surface area contributed by atoms with E-state index < -0.39 is 92.9 Å². The van der Waals surface area contributed by atoms with Gasteiger partial charge in [0.1, 0.15) is 54.9 Å². The maximum Gasteiger partial charge on any atom is 0.187 e. The van der Waals surface area contributed by atoms with Crippen LogP contribution < -0.4 is 5.32 Å². The zero-order valence-corrected chi connectivity index (χ0v) is 16.5. The third kappa shape index (κ3) is 5.02. The van der Waals surface area contributed by atoms with Gasteiger partial charge in [0.15, 0.2) is 12.6 Å². The fourth-order valence-electron chi connectivity index (χ4n) is 4.01. The number of rotatable bonds is 7. The molecule has 13 atom stereocenters. The predicted molar refractivity (Wildman–Crippen MR) is 96.2 cm³/mol. The summed E-state index contributed by atoms with van der Waals surface area (Å²) in [5.74, 6) is 0. The highest BCUT2D eigenvalue weighted by molar-refractivity contribution is 4.97. The summed E-state index contributed by atoms with van der Waals surface area (Å²) < 4.78 is 21.7. The monoisotopic (exact) mass is 457 g/mol. The van der Waals surface area contributed by atoms with Crippen LogP contribution in [0, 0.1) is 0 Å². The van der Waals surface area contributed by atoms with Crippen molar-refractivity contribution >= 4 is 0 Å². The molecule has 3 aliphatic rings. The Bertz CT molecular complexity index is 570. The van der Waals surface area contributed by atoms with Gasteiger partial charge in [-0.25, -0.2) is 0 Å². The van der Waals surface area contributed by atoms with E-state index >= 15 is 0 Å². The standard InChI is InChI=1S/C17H31NO13/c19-2-5-13(6(22)1-18-5)30-15-12(26)14(8(4-21)28-16(15)27)31-17-11(25)10(24)9(23)7(3-20)29-17/h5-27H,1-4H2/t5?,6?,7?,8-,9?,10?,11?,12-,13?,14+,15-,16+,17?/m1/s1. The van der Waals surface area contributed by atoms with E-state index in [2.05, 4.69) is 5.32 Å². The van der Waals surface area contributed by atoms with Crippen molar-refractivity contribution in [3.8, 4) is 0 Å². The lowest BCUT2D eigenvalue weighted by atomic mass is 9.96. The zero-order valence-electron chi connectivity index (χ0n) is 16.5. The Morgan fingerprint density at radius 1 is 0.677 bits per heavy atom. The Balaban J connectivity index is 1.75. The zero-order chi connectivity index (χ0) is 22.9. The van der Waals surface area contributed by atoms with Gasteiger partial charge in [0.25, 0.3) is 0 Å². The normalized spacial score (nSPS) is 51.2. The van der Waals surface area contributed by atoms with Crippen LogP contribution in [0.5, 0.6) is 0 Å². The largest absolute Gasteiger partial charge is 0.395 e. The van der Waals surface area contributed by atoms with Crippen LogP contribution in [0.25, 0.3) is 0 Å². The number of aliphatic hydroxyl groups is 9. The molecule has 3 fully saturated rings. The highest BCUT2D eigenvalue weighted by atomic mass is 16.7. The summed E-state index contributed by atoms with van der Waals surface area (Å²) in [6.45, 7) is -1.68. The summed E-state index contributed by atoms with van der Waals surface area (Å²) in [7, 11) is 0. The quantitative estimate of drug-likeness (QED) is 0.171.